The summed E-state index contributed by atoms with van der Waals surface area (Å²) in [5.74, 6) is 0.673. The van der Waals surface area contributed by atoms with E-state index in [1.807, 2.05) is 31.3 Å². The summed E-state index contributed by atoms with van der Waals surface area (Å²) in [6.45, 7) is 6.02. The van der Waals surface area contributed by atoms with Crippen molar-refractivity contribution in [2.75, 3.05) is 18.5 Å². The molecule has 0 spiro atoms. The smallest absolute Gasteiger partial charge is 0.242 e. The fourth-order valence-corrected chi connectivity index (χ4v) is 2.97. The Kier molecular flexibility index (Phi) is 6.35. The third-order valence-corrected chi connectivity index (χ3v) is 4.98. The quantitative estimate of drug-likeness (QED) is 0.727. The fourth-order valence-electron chi connectivity index (χ4n) is 2.97. The largest absolute Gasteiger partial charge is 0.350 e. The maximum atomic E-state index is 12.3. The maximum absolute atomic E-state index is 12.3. The van der Waals surface area contributed by atoms with Gasteiger partial charge in [-0.1, -0.05) is 12.1 Å². The average Bonchev–Trinajstić information content (AvgIpc) is 3.29. The van der Waals surface area contributed by atoms with Crippen LogP contribution >= 0.6 is 0 Å². The first kappa shape index (κ1) is 19.9. The van der Waals surface area contributed by atoms with Crippen LogP contribution in [0, 0.1) is 0 Å². The number of nitrogens with zero attached hydrogens (tertiary/aromatic N) is 6. The number of hydrogen-bond donors (Lipinski definition) is 1. The molecule has 9 nitrogen and oxygen atoms in total. The van der Waals surface area contributed by atoms with Crippen LogP contribution in [0.25, 0.3) is 0 Å². The SMILES string of the molecule is CC(C)N(C)Cc1nnnn1CC(=O)NCc1ccc(N2CCCC2=O)cc1. The standard InChI is InChI=1S/C19H27N7O2/c1-14(2)24(3)12-17-21-22-23-26(17)13-18(27)20-11-15-6-8-16(9-7-15)25-10-4-5-19(25)28/h6-9,14H,4-5,10-13H2,1-3H3,(H,20,27). The normalized spacial score (nSPS) is 14.3. The molecule has 1 N–H and O–H groups in total. The zero-order chi connectivity index (χ0) is 20.1. The molecule has 28 heavy (non-hydrogen) atoms. The number of hydrogen-bond acceptors (Lipinski definition) is 6. The zero-order valence-corrected chi connectivity index (χ0v) is 16.6. The Morgan fingerprint density at radius 3 is 2.68 bits per heavy atom. The third kappa shape index (κ3) is 4.92. The van der Waals surface area contributed by atoms with E-state index in [-0.39, 0.29) is 18.4 Å². The van der Waals surface area contributed by atoms with Crippen LogP contribution in [0.15, 0.2) is 24.3 Å². The van der Waals surface area contributed by atoms with Gasteiger partial charge in [0, 0.05) is 31.2 Å². The van der Waals surface area contributed by atoms with E-state index < -0.39 is 0 Å². The highest BCUT2D eigenvalue weighted by Crippen LogP contribution is 2.21. The van der Waals surface area contributed by atoms with E-state index in [0.29, 0.717) is 31.4 Å². The lowest BCUT2D eigenvalue weighted by Gasteiger charge is -2.19. The highest BCUT2D eigenvalue weighted by Gasteiger charge is 2.21. The first-order chi connectivity index (χ1) is 13.4. The van der Waals surface area contributed by atoms with E-state index >= 15 is 0 Å². The van der Waals surface area contributed by atoms with Gasteiger partial charge in [-0.05, 0) is 55.4 Å². The fraction of sp³-hybridized carbons (Fsp3) is 0.526. The third-order valence-electron chi connectivity index (χ3n) is 4.98. The van der Waals surface area contributed by atoms with Crippen LogP contribution in [0.5, 0.6) is 0 Å². The van der Waals surface area contributed by atoms with Gasteiger partial charge in [0.2, 0.25) is 11.8 Å². The molecule has 150 valence electrons. The van der Waals surface area contributed by atoms with E-state index in [1.54, 1.807) is 4.90 Å². The van der Waals surface area contributed by atoms with E-state index in [4.69, 9.17) is 0 Å². The Labute approximate surface area is 164 Å². The number of carbonyl (C=O) groups excluding carboxylic acids is 2. The molecule has 0 unspecified atom stereocenters. The highest BCUT2D eigenvalue weighted by atomic mass is 16.2. The van der Waals surface area contributed by atoms with Gasteiger partial charge < -0.3 is 10.2 Å². The molecule has 1 fully saturated rings. The van der Waals surface area contributed by atoms with Crippen molar-refractivity contribution in [2.45, 2.75) is 52.4 Å². The molecule has 0 bridgehead atoms. The first-order valence-corrected chi connectivity index (χ1v) is 9.55. The second kappa shape index (κ2) is 8.92. The van der Waals surface area contributed by atoms with Crippen LogP contribution in [0.4, 0.5) is 5.69 Å². The summed E-state index contributed by atoms with van der Waals surface area (Å²) < 4.78 is 1.52. The predicted molar refractivity (Wildman–Crippen MR) is 104 cm³/mol. The number of amides is 2. The minimum atomic E-state index is -0.153. The molecule has 1 aliphatic heterocycles. The minimum Gasteiger partial charge on any atom is -0.350 e. The van der Waals surface area contributed by atoms with Gasteiger partial charge in [0.05, 0.1) is 6.54 Å². The van der Waals surface area contributed by atoms with Gasteiger partial charge in [0.15, 0.2) is 5.82 Å². The number of rotatable bonds is 8. The highest BCUT2D eigenvalue weighted by molar-refractivity contribution is 5.95. The molecule has 3 rings (SSSR count). The molecule has 2 aromatic rings. The molecule has 2 heterocycles. The van der Waals surface area contributed by atoms with Crippen LogP contribution in [0.3, 0.4) is 0 Å². The predicted octanol–water partition coefficient (Wildman–Crippen LogP) is 0.957. The lowest BCUT2D eigenvalue weighted by atomic mass is 10.2. The Morgan fingerprint density at radius 1 is 1.29 bits per heavy atom. The van der Waals surface area contributed by atoms with Gasteiger partial charge in [-0.3, -0.25) is 14.5 Å². The van der Waals surface area contributed by atoms with Crippen LogP contribution in [-0.4, -0.2) is 56.6 Å². The zero-order valence-electron chi connectivity index (χ0n) is 16.6. The van der Waals surface area contributed by atoms with E-state index in [9.17, 15) is 9.59 Å². The van der Waals surface area contributed by atoms with Crippen molar-refractivity contribution in [1.29, 1.82) is 0 Å². The van der Waals surface area contributed by atoms with Gasteiger partial charge >= 0.3 is 0 Å². The van der Waals surface area contributed by atoms with Crippen LogP contribution < -0.4 is 10.2 Å². The van der Waals surface area contributed by atoms with Gasteiger partial charge in [0.1, 0.15) is 6.54 Å². The molecule has 0 aliphatic carbocycles. The lowest BCUT2D eigenvalue weighted by Crippen LogP contribution is -2.31. The summed E-state index contributed by atoms with van der Waals surface area (Å²) in [4.78, 5) is 28.0. The summed E-state index contributed by atoms with van der Waals surface area (Å²) in [6, 6.07) is 8.07. The van der Waals surface area contributed by atoms with Crippen LogP contribution in [0.2, 0.25) is 0 Å². The summed E-state index contributed by atoms with van der Waals surface area (Å²) in [5, 5.41) is 14.5. The summed E-state index contributed by atoms with van der Waals surface area (Å²) in [7, 11) is 1.99. The number of carbonyl (C=O) groups is 2. The molecular weight excluding hydrogens is 358 g/mol. The van der Waals surface area contributed by atoms with Gasteiger partial charge in [-0.25, -0.2) is 4.68 Å². The second-order valence-corrected chi connectivity index (χ2v) is 7.35. The van der Waals surface area contributed by atoms with E-state index in [1.165, 1.54) is 4.68 Å². The summed E-state index contributed by atoms with van der Waals surface area (Å²) in [5.41, 5.74) is 1.88. The number of tetrazole rings is 1. The topological polar surface area (TPSA) is 96.2 Å². The molecule has 0 saturated carbocycles. The number of anilines is 1. The van der Waals surface area contributed by atoms with Crippen LogP contribution in [0.1, 0.15) is 38.1 Å². The molecule has 2 amide bonds. The number of nitrogens with one attached hydrogen (secondary N) is 1. The summed E-state index contributed by atoms with van der Waals surface area (Å²) in [6.07, 6.45) is 1.52. The van der Waals surface area contributed by atoms with Crippen LogP contribution in [-0.2, 0) is 29.2 Å². The Hall–Kier alpha value is -2.81. The summed E-state index contributed by atoms with van der Waals surface area (Å²) >= 11 is 0. The Bertz CT molecular complexity index is 816. The first-order valence-electron chi connectivity index (χ1n) is 9.55. The molecule has 0 atom stereocenters. The van der Waals surface area contributed by atoms with Crippen molar-refractivity contribution in [3.63, 3.8) is 0 Å². The van der Waals surface area contributed by atoms with Crippen molar-refractivity contribution < 1.29 is 9.59 Å². The molecular formula is C19H27N7O2. The molecule has 1 aromatic heterocycles. The van der Waals surface area contributed by atoms with E-state index in [2.05, 4.69) is 39.6 Å². The average molecular weight is 385 g/mol. The lowest BCUT2D eigenvalue weighted by molar-refractivity contribution is -0.122. The molecule has 1 aromatic carbocycles. The Morgan fingerprint density at radius 2 is 2.04 bits per heavy atom. The molecule has 0 radical (unpaired) electrons. The minimum absolute atomic E-state index is 0.0780. The van der Waals surface area contributed by atoms with Crippen molar-refractivity contribution in [3.8, 4) is 0 Å². The number of benzene rings is 1. The monoisotopic (exact) mass is 385 g/mol. The van der Waals surface area contributed by atoms with E-state index in [0.717, 1.165) is 24.2 Å². The van der Waals surface area contributed by atoms with Crippen molar-refractivity contribution in [1.82, 2.24) is 30.4 Å². The van der Waals surface area contributed by atoms with Gasteiger partial charge in [0.25, 0.3) is 0 Å². The second-order valence-electron chi connectivity index (χ2n) is 7.35. The Balaban J connectivity index is 1.51. The van der Waals surface area contributed by atoms with Crippen molar-refractivity contribution in [3.05, 3.63) is 35.7 Å². The van der Waals surface area contributed by atoms with Crippen molar-refractivity contribution >= 4 is 17.5 Å². The van der Waals surface area contributed by atoms with Crippen molar-refractivity contribution in [2.24, 2.45) is 0 Å². The number of aromatic nitrogens is 4. The molecule has 1 saturated heterocycles. The molecule has 9 heteroatoms. The van der Waals surface area contributed by atoms with Gasteiger partial charge in [-0.15, -0.1) is 5.10 Å². The van der Waals surface area contributed by atoms with Gasteiger partial charge in [-0.2, -0.15) is 0 Å². The maximum Gasteiger partial charge on any atom is 0.242 e. The molecule has 1 aliphatic rings.